The molecule has 7 heteroatoms. The lowest BCUT2D eigenvalue weighted by atomic mass is 9.94. The van der Waals surface area contributed by atoms with E-state index in [9.17, 15) is 19.2 Å². The van der Waals surface area contributed by atoms with Crippen molar-refractivity contribution in [2.45, 2.75) is 29.1 Å². The second kappa shape index (κ2) is 4.26. The molecule has 2 amide bonds. The first kappa shape index (κ1) is 14.5. The van der Waals surface area contributed by atoms with Crippen LogP contribution in [0.25, 0.3) is 0 Å². The Balaban J connectivity index is 1.86. The van der Waals surface area contributed by atoms with Crippen molar-refractivity contribution in [3.8, 4) is 6.07 Å². The first-order valence-corrected chi connectivity index (χ1v) is 8.14. The molecule has 3 saturated heterocycles. The van der Waals surface area contributed by atoms with E-state index in [1.807, 2.05) is 0 Å². The lowest BCUT2D eigenvalue weighted by molar-refractivity contribution is -0.159. The maximum absolute atomic E-state index is 13.2. The Morgan fingerprint density at radius 2 is 1.96 bits per heavy atom. The van der Waals surface area contributed by atoms with Gasteiger partial charge in [-0.05, 0) is 24.6 Å². The summed E-state index contributed by atoms with van der Waals surface area (Å²) >= 11 is 1.32. The summed E-state index contributed by atoms with van der Waals surface area (Å²) in [4.78, 5) is 26.8. The van der Waals surface area contributed by atoms with Gasteiger partial charge in [-0.2, -0.15) is 5.26 Å². The molecule has 118 valence electrons. The van der Waals surface area contributed by atoms with Gasteiger partial charge in [0, 0.05) is 13.5 Å². The minimum atomic E-state index is -1.000. The van der Waals surface area contributed by atoms with Crippen molar-refractivity contribution in [3.05, 3.63) is 35.6 Å². The van der Waals surface area contributed by atoms with Gasteiger partial charge in [0.05, 0.1) is 18.0 Å². The highest BCUT2D eigenvalue weighted by Crippen LogP contribution is 2.66. The normalized spacial score (nSPS) is 38.2. The van der Waals surface area contributed by atoms with Gasteiger partial charge in [0.25, 0.3) is 11.8 Å². The van der Waals surface area contributed by atoms with Crippen molar-refractivity contribution in [1.82, 2.24) is 9.80 Å². The zero-order valence-electron chi connectivity index (χ0n) is 12.6. The Labute approximate surface area is 137 Å². The van der Waals surface area contributed by atoms with Gasteiger partial charge < -0.3 is 9.80 Å². The van der Waals surface area contributed by atoms with E-state index in [1.165, 1.54) is 28.8 Å². The quantitative estimate of drug-likeness (QED) is 0.788. The number of halogens is 1. The van der Waals surface area contributed by atoms with Gasteiger partial charge in [-0.25, -0.2) is 4.39 Å². The first-order valence-electron chi connectivity index (χ1n) is 7.32. The number of piperazine rings is 1. The van der Waals surface area contributed by atoms with Crippen LogP contribution in [0, 0.1) is 23.1 Å². The molecule has 2 bridgehead atoms. The number of amides is 2. The lowest BCUT2D eigenvalue weighted by Crippen LogP contribution is -2.60. The van der Waals surface area contributed by atoms with Crippen LogP contribution >= 0.6 is 11.8 Å². The number of carbonyl (C=O) groups is 2. The zero-order chi connectivity index (χ0) is 16.6. The summed E-state index contributed by atoms with van der Waals surface area (Å²) in [5.41, 5.74) is 0.690. The van der Waals surface area contributed by atoms with Crippen LogP contribution < -0.4 is 0 Å². The Morgan fingerprint density at radius 3 is 2.57 bits per heavy atom. The molecule has 5 nitrogen and oxygen atoms in total. The van der Waals surface area contributed by atoms with Crippen LogP contribution in [0.4, 0.5) is 4.39 Å². The van der Waals surface area contributed by atoms with Crippen LogP contribution in [-0.2, 0) is 9.59 Å². The molecule has 1 spiro atoms. The molecule has 3 heterocycles. The maximum atomic E-state index is 13.2. The summed E-state index contributed by atoms with van der Waals surface area (Å²) in [6.07, 6.45) is 0.306. The molecule has 23 heavy (non-hydrogen) atoms. The van der Waals surface area contributed by atoms with Gasteiger partial charge in [0.15, 0.2) is 9.74 Å². The van der Waals surface area contributed by atoms with Gasteiger partial charge in [-0.3, -0.25) is 9.59 Å². The highest BCUT2D eigenvalue weighted by atomic mass is 32.2. The van der Waals surface area contributed by atoms with E-state index in [-0.39, 0.29) is 17.6 Å². The Kier molecular flexibility index (Phi) is 2.69. The third-order valence-corrected chi connectivity index (χ3v) is 6.91. The van der Waals surface area contributed by atoms with Crippen molar-refractivity contribution in [3.63, 3.8) is 0 Å². The van der Waals surface area contributed by atoms with Gasteiger partial charge in [0.1, 0.15) is 5.82 Å². The molecular formula is C16H14FN3O2S. The number of nitriles is 1. The molecule has 0 aliphatic carbocycles. The number of benzene rings is 1. The average Bonchev–Trinajstić information content (AvgIpc) is 3.05. The third kappa shape index (κ3) is 1.52. The highest BCUT2D eigenvalue weighted by Gasteiger charge is 2.76. The van der Waals surface area contributed by atoms with Crippen LogP contribution in [0.3, 0.4) is 0 Å². The van der Waals surface area contributed by atoms with Crippen molar-refractivity contribution in [1.29, 1.82) is 5.26 Å². The number of hydrogen-bond acceptors (Lipinski definition) is 4. The van der Waals surface area contributed by atoms with E-state index < -0.39 is 21.7 Å². The third-order valence-electron chi connectivity index (χ3n) is 5.18. The number of likely N-dealkylation sites (N-methyl/N-ethyl adjacent to an activating group) is 1. The van der Waals surface area contributed by atoms with Crippen LogP contribution in [-0.4, -0.2) is 38.4 Å². The van der Waals surface area contributed by atoms with Crippen molar-refractivity contribution < 1.29 is 14.0 Å². The van der Waals surface area contributed by atoms with E-state index in [4.69, 9.17) is 0 Å². The fourth-order valence-electron chi connectivity index (χ4n) is 3.95. The minimum Gasteiger partial charge on any atom is -0.320 e. The fourth-order valence-corrected chi connectivity index (χ4v) is 5.79. The fraction of sp³-hybridized carbons (Fsp3) is 0.438. The second-order valence-corrected chi connectivity index (χ2v) is 8.02. The minimum absolute atomic E-state index is 0.130. The molecular weight excluding hydrogens is 317 g/mol. The van der Waals surface area contributed by atoms with Crippen LogP contribution in [0.5, 0.6) is 0 Å². The monoisotopic (exact) mass is 331 g/mol. The summed E-state index contributed by atoms with van der Waals surface area (Å²) < 4.78 is 13.2. The molecule has 0 radical (unpaired) electrons. The largest absolute Gasteiger partial charge is 0.320 e. The van der Waals surface area contributed by atoms with Gasteiger partial charge in [-0.15, -0.1) is 0 Å². The number of carbonyl (C=O) groups excluding carboxylic acids is 2. The van der Waals surface area contributed by atoms with E-state index in [2.05, 4.69) is 6.07 Å². The topological polar surface area (TPSA) is 64.4 Å². The van der Waals surface area contributed by atoms with Gasteiger partial charge in [0.2, 0.25) is 0 Å². The average molecular weight is 331 g/mol. The summed E-state index contributed by atoms with van der Waals surface area (Å²) in [5.74, 6) is -1.15. The number of fused-ring (bicyclic) bond motifs is 1. The zero-order valence-corrected chi connectivity index (χ0v) is 13.4. The number of rotatable bonds is 1. The number of thioether (sulfide) groups is 1. The van der Waals surface area contributed by atoms with Gasteiger partial charge >= 0.3 is 0 Å². The van der Waals surface area contributed by atoms with Crippen molar-refractivity contribution in [2.24, 2.45) is 5.92 Å². The molecule has 3 fully saturated rings. The van der Waals surface area contributed by atoms with Gasteiger partial charge in [-0.1, -0.05) is 23.9 Å². The standard InChI is InChI=1S/C16H14FN3O2S/c1-15-13(21)20-12(9-3-5-11(17)6-4-9)10(8-18)7-16(20,23-15)14(22)19(15)2/h3-6,10,12H,7H2,1-2H3. The predicted octanol–water partition coefficient (Wildman–Crippen LogP) is 1.87. The van der Waals surface area contributed by atoms with E-state index in [1.54, 1.807) is 31.0 Å². The highest BCUT2D eigenvalue weighted by molar-refractivity contribution is 8.04. The molecule has 4 unspecified atom stereocenters. The molecule has 3 aliphatic heterocycles. The molecule has 4 rings (SSSR count). The van der Waals surface area contributed by atoms with Crippen LogP contribution in [0.2, 0.25) is 0 Å². The lowest BCUT2D eigenvalue weighted by Gasteiger charge is -2.39. The Bertz CT molecular complexity index is 777. The maximum Gasteiger partial charge on any atom is 0.260 e. The molecule has 4 atom stereocenters. The predicted molar refractivity (Wildman–Crippen MR) is 81.2 cm³/mol. The smallest absolute Gasteiger partial charge is 0.260 e. The second-order valence-electron chi connectivity index (χ2n) is 6.34. The van der Waals surface area contributed by atoms with Crippen molar-refractivity contribution >= 4 is 23.6 Å². The van der Waals surface area contributed by atoms with E-state index >= 15 is 0 Å². The Hall–Kier alpha value is -2.07. The SMILES string of the molecule is CN1C(=O)C23CC(C#N)C(c4ccc(F)cc4)N2C(=O)C1(C)S3. The Morgan fingerprint density at radius 1 is 1.30 bits per heavy atom. The molecule has 0 aromatic heterocycles. The molecule has 0 saturated carbocycles. The summed E-state index contributed by atoms with van der Waals surface area (Å²) in [5, 5.41) is 9.54. The number of nitrogens with zero attached hydrogens (tertiary/aromatic N) is 3. The van der Waals surface area contributed by atoms with E-state index in [0.717, 1.165) is 0 Å². The molecule has 0 N–H and O–H groups in total. The summed E-state index contributed by atoms with van der Waals surface area (Å²) in [7, 11) is 1.63. The number of hydrogen-bond donors (Lipinski definition) is 0. The van der Waals surface area contributed by atoms with Crippen LogP contribution in [0.1, 0.15) is 24.9 Å². The first-order chi connectivity index (χ1) is 10.8. The van der Waals surface area contributed by atoms with Crippen molar-refractivity contribution in [2.75, 3.05) is 7.05 Å². The summed E-state index contributed by atoms with van der Waals surface area (Å²) in [6, 6.07) is 7.52. The molecule has 3 aliphatic rings. The molecule has 1 aromatic carbocycles. The van der Waals surface area contributed by atoms with Crippen LogP contribution in [0.15, 0.2) is 24.3 Å². The van der Waals surface area contributed by atoms with E-state index in [0.29, 0.717) is 12.0 Å². The summed E-state index contributed by atoms with van der Waals surface area (Å²) in [6.45, 7) is 1.74. The molecule has 1 aromatic rings.